The van der Waals surface area contributed by atoms with E-state index in [1.54, 1.807) is 4.68 Å². The molecule has 7 nitrogen and oxygen atoms in total. The number of carbonyl (C=O) groups excluding carboxylic acids is 1. The molecule has 116 valence electrons. The molecule has 0 aliphatic carbocycles. The van der Waals surface area contributed by atoms with E-state index < -0.39 is 0 Å². The van der Waals surface area contributed by atoms with Gasteiger partial charge in [-0.3, -0.25) is 4.79 Å². The van der Waals surface area contributed by atoms with Crippen molar-refractivity contribution in [2.75, 3.05) is 31.1 Å². The molecule has 0 N–H and O–H groups in total. The quantitative estimate of drug-likeness (QED) is 0.847. The number of anilines is 1. The van der Waals surface area contributed by atoms with Crippen LogP contribution < -0.4 is 4.90 Å². The number of piperazine rings is 1. The van der Waals surface area contributed by atoms with E-state index in [0.717, 1.165) is 37.7 Å². The SMILES string of the molecule is CCC(=O)N1CCN(c2ccc(-n3ccc(C)n3)nn2)CC1. The van der Waals surface area contributed by atoms with Gasteiger partial charge < -0.3 is 9.80 Å². The van der Waals surface area contributed by atoms with Crippen LogP contribution >= 0.6 is 0 Å². The summed E-state index contributed by atoms with van der Waals surface area (Å²) in [6.45, 7) is 6.91. The summed E-state index contributed by atoms with van der Waals surface area (Å²) < 4.78 is 1.71. The molecule has 0 aromatic carbocycles. The Morgan fingerprint density at radius 2 is 1.77 bits per heavy atom. The van der Waals surface area contributed by atoms with Crippen molar-refractivity contribution < 1.29 is 4.79 Å². The largest absolute Gasteiger partial charge is 0.352 e. The first kappa shape index (κ1) is 14.5. The van der Waals surface area contributed by atoms with Crippen molar-refractivity contribution >= 4 is 11.7 Å². The second-order valence-electron chi connectivity index (χ2n) is 5.37. The fourth-order valence-electron chi connectivity index (χ4n) is 2.56. The highest BCUT2D eigenvalue weighted by molar-refractivity contribution is 5.76. The van der Waals surface area contributed by atoms with Crippen molar-refractivity contribution in [2.24, 2.45) is 0 Å². The first-order valence-corrected chi connectivity index (χ1v) is 7.56. The van der Waals surface area contributed by atoms with Gasteiger partial charge in [0.15, 0.2) is 11.6 Å². The summed E-state index contributed by atoms with van der Waals surface area (Å²) in [5.41, 5.74) is 0.947. The number of hydrogen-bond acceptors (Lipinski definition) is 5. The van der Waals surface area contributed by atoms with E-state index in [0.29, 0.717) is 12.2 Å². The monoisotopic (exact) mass is 300 g/mol. The van der Waals surface area contributed by atoms with Crippen molar-refractivity contribution in [1.29, 1.82) is 0 Å². The summed E-state index contributed by atoms with van der Waals surface area (Å²) in [4.78, 5) is 15.7. The minimum absolute atomic E-state index is 0.218. The third kappa shape index (κ3) is 2.93. The van der Waals surface area contributed by atoms with Crippen LogP contribution in [0.1, 0.15) is 19.0 Å². The fraction of sp³-hybridized carbons (Fsp3) is 0.467. The zero-order chi connectivity index (χ0) is 15.5. The maximum atomic E-state index is 11.7. The average Bonchev–Trinajstić information content (AvgIpc) is 3.01. The molecule has 1 aliphatic heterocycles. The molecule has 1 aliphatic rings. The minimum Gasteiger partial charge on any atom is -0.352 e. The van der Waals surface area contributed by atoms with E-state index in [1.807, 2.05) is 43.1 Å². The van der Waals surface area contributed by atoms with Crippen molar-refractivity contribution in [3.8, 4) is 5.82 Å². The number of aryl methyl sites for hydroxylation is 1. The Morgan fingerprint density at radius 3 is 2.32 bits per heavy atom. The van der Waals surface area contributed by atoms with Gasteiger partial charge >= 0.3 is 0 Å². The third-order valence-electron chi connectivity index (χ3n) is 3.85. The van der Waals surface area contributed by atoms with Crippen LogP contribution in [0.4, 0.5) is 5.82 Å². The molecule has 2 aromatic rings. The lowest BCUT2D eigenvalue weighted by Gasteiger charge is -2.35. The summed E-state index contributed by atoms with van der Waals surface area (Å²) in [7, 11) is 0. The zero-order valence-electron chi connectivity index (χ0n) is 12.9. The Hall–Kier alpha value is -2.44. The predicted molar refractivity (Wildman–Crippen MR) is 83.0 cm³/mol. The van der Waals surface area contributed by atoms with E-state index in [9.17, 15) is 4.79 Å². The second kappa shape index (κ2) is 6.13. The Kier molecular flexibility index (Phi) is 4.04. The van der Waals surface area contributed by atoms with Crippen molar-refractivity contribution in [3.05, 3.63) is 30.1 Å². The molecule has 3 heterocycles. The highest BCUT2D eigenvalue weighted by Gasteiger charge is 2.21. The normalized spacial score (nSPS) is 15.2. The van der Waals surface area contributed by atoms with Gasteiger partial charge in [-0.1, -0.05) is 6.92 Å². The lowest BCUT2D eigenvalue weighted by atomic mass is 10.3. The molecule has 0 unspecified atom stereocenters. The van der Waals surface area contributed by atoms with Crippen molar-refractivity contribution in [1.82, 2.24) is 24.9 Å². The summed E-state index contributed by atoms with van der Waals surface area (Å²) in [5, 5.41) is 12.8. The van der Waals surface area contributed by atoms with Gasteiger partial charge in [0, 0.05) is 38.8 Å². The van der Waals surface area contributed by atoms with Gasteiger partial charge in [0.25, 0.3) is 0 Å². The second-order valence-corrected chi connectivity index (χ2v) is 5.37. The predicted octanol–water partition coefficient (Wildman–Crippen LogP) is 1.03. The maximum Gasteiger partial charge on any atom is 0.222 e. The first-order chi connectivity index (χ1) is 10.7. The van der Waals surface area contributed by atoms with Crippen LogP contribution in [0.5, 0.6) is 0 Å². The average molecular weight is 300 g/mol. The van der Waals surface area contributed by atoms with Crippen molar-refractivity contribution in [3.63, 3.8) is 0 Å². The molecule has 1 fully saturated rings. The van der Waals surface area contributed by atoms with Gasteiger partial charge in [0.05, 0.1) is 5.69 Å². The smallest absolute Gasteiger partial charge is 0.222 e. The van der Waals surface area contributed by atoms with Crippen molar-refractivity contribution in [2.45, 2.75) is 20.3 Å². The lowest BCUT2D eigenvalue weighted by molar-refractivity contribution is -0.131. The van der Waals surface area contributed by atoms with Crippen LogP contribution in [-0.2, 0) is 4.79 Å². The third-order valence-corrected chi connectivity index (χ3v) is 3.85. The van der Waals surface area contributed by atoms with Crippen LogP contribution in [0.2, 0.25) is 0 Å². The summed E-state index contributed by atoms with van der Waals surface area (Å²) in [6, 6.07) is 5.80. The molecule has 0 spiro atoms. The lowest BCUT2D eigenvalue weighted by Crippen LogP contribution is -2.48. The number of nitrogens with zero attached hydrogens (tertiary/aromatic N) is 6. The van der Waals surface area contributed by atoms with Gasteiger partial charge in [-0.2, -0.15) is 5.10 Å². The Balaban J connectivity index is 1.65. The summed E-state index contributed by atoms with van der Waals surface area (Å²) in [5.74, 6) is 1.77. The fourth-order valence-corrected chi connectivity index (χ4v) is 2.56. The molecular weight excluding hydrogens is 280 g/mol. The molecular formula is C15H20N6O. The van der Waals surface area contributed by atoms with E-state index in [1.165, 1.54) is 0 Å². The molecule has 22 heavy (non-hydrogen) atoms. The Bertz CT molecular complexity index is 642. The molecule has 0 radical (unpaired) electrons. The summed E-state index contributed by atoms with van der Waals surface area (Å²) >= 11 is 0. The molecule has 2 aromatic heterocycles. The number of carbonyl (C=O) groups is 1. The van der Waals surface area contributed by atoms with E-state index in [2.05, 4.69) is 20.2 Å². The van der Waals surface area contributed by atoms with E-state index in [4.69, 9.17) is 0 Å². The van der Waals surface area contributed by atoms with Crippen LogP contribution in [0.25, 0.3) is 5.82 Å². The minimum atomic E-state index is 0.218. The Morgan fingerprint density at radius 1 is 1.09 bits per heavy atom. The van der Waals surface area contributed by atoms with Gasteiger partial charge in [-0.25, -0.2) is 4.68 Å². The zero-order valence-corrected chi connectivity index (χ0v) is 12.9. The van der Waals surface area contributed by atoms with Gasteiger partial charge in [0.1, 0.15) is 0 Å². The summed E-state index contributed by atoms with van der Waals surface area (Å²) in [6.07, 6.45) is 2.44. The highest BCUT2D eigenvalue weighted by Crippen LogP contribution is 2.14. The van der Waals surface area contributed by atoms with E-state index >= 15 is 0 Å². The standard InChI is InChI=1S/C15H20N6O/c1-3-15(22)20-10-8-19(9-11-20)13-4-5-14(17-16-13)21-7-6-12(2)18-21/h4-7H,3,8-11H2,1-2H3. The number of aromatic nitrogens is 4. The molecule has 1 saturated heterocycles. The number of hydrogen-bond donors (Lipinski definition) is 0. The van der Waals surface area contributed by atoms with Gasteiger partial charge in [-0.05, 0) is 25.1 Å². The van der Waals surface area contributed by atoms with E-state index in [-0.39, 0.29) is 5.91 Å². The molecule has 7 heteroatoms. The van der Waals surface area contributed by atoms with Gasteiger partial charge in [-0.15, -0.1) is 10.2 Å². The van der Waals surface area contributed by atoms with Crippen LogP contribution in [0.15, 0.2) is 24.4 Å². The Labute approximate surface area is 129 Å². The molecule has 0 atom stereocenters. The number of amides is 1. The molecule has 3 rings (SSSR count). The topological polar surface area (TPSA) is 67.2 Å². The van der Waals surface area contributed by atoms with Crippen LogP contribution in [-0.4, -0.2) is 57.0 Å². The van der Waals surface area contributed by atoms with Crippen LogP contribution in [0, 0.1) is 6.92 Å². The highest BCUT2D eigenvalue weighted by atomic mass is 16.2. The van der Waals surface area contributed by atoms with Crippen LogP contribution in [0.3, 0.4) is 0 Å². The number of rotatable bonds is 3. The first-order valence-electron chi connectivity index (χ1n) is 7.56. The maximum absolute atomic E-state index is 11.7. The molecule has 0 saturated carbocycles. The molecule has 1 amide bonds. The van der Waals surface area contributed by atoms with Gasteiger partial charge in [0.2, 0.25) is 5.91 Å². The molecule has 0 bridgehead atoms.